The van der Waals surface area contributed by atoms with Gasteiger partial charge in [-0.3, -0.25) is 4.79 Å². The number of hydrogen-bond acceptors (Lipinski definition) is 5. The van der Waals surface area contributed by atoms with Gasteiger partial charge in [-0.05, 0) is 43.2 Å². The zero-order chi connectivity index (χ0) is 18.1. The second-order valence-electron chi connectivity index (χ2n) is 5.95. The Labute approximate surface area is 149 Å². The summed E-state index contributed by atoms with van der Waals surface area (Å²) in [6, 6.07) is 13.0. The molecule has 130 valence electrons. The summed E-state index contributed by atoms with van der Waals surface area (Å²) in [5.41, 5.74) is 3.76. The van der Waals surface area contributed by atoms with Crippen LogP contribution in [0.3, 0.4) is 0 Å². The van der Waals surface area contributed by atoms with Crippen LogP contribution in [-0.2, 0) is 6.42 Å². The maximum absolute atomic E-state index is 13.0. The van der Waals surface area contributed by atoms with Crippen LogP contribution in [0.5, 0.6) is 0 Å². The van der Waals surface area contributed by atoms with E-state index in [0.717, 1.165) is 17.7 Å². The number of carbonyl (C=O) groups excluding carboxylic acids is 1. The Morgan fingerprint density at radius 1 is 1.19 bits per heavy atom. The maximum Gasteiger partial charge on any atom is 0.259 e. The van der Waals surface area contributed by atoms with Crippen LogP contribution < -0.4 is 5.32 Å². The van der Waals surface area contributed by atoms with Crippen LogP contribution in [0.1, 0.15) is 28.5 Å². The van der Waals surface area contributed by atoms with Crippen LogP contribution in [0, 0.1) is 6.92 Å². The molecule has 1 aromatic carbocycles. The molecule has 0 aliphatic carbocycles. The molecule has 1 N–H and O–H groups in total. The number of rotatable bonds is 4. The molecule has 26 heavy (non-hydrogen) atoms. The Hall–Kier alpha value is -3.41. The van der Waals surface area contributed by atoms with E-state index in [-0.39, 0.29) is 5.91 Å². The first-order chi connectivity index (χ1) is 12.7. The number of hydrogen-bond donors (Lipinski definition) is 1. The Balaban J connectivity index is 1.81. The van der Waals surface area contributed by atoms with Crippen molar-refractivity contribution in [2.24, 2.45) is 0 Å². The molecule has 6 heteroatoms. The molecule has 0 saturated carbocycles. The molecule has 0 bridgehead atoms. The minimum Gasteiger partial charge on any atom is -0.463 e. The van der Waals surface area contributed by atoms with Gasteiger partial charge in [-0.15, -0.1) is 0 Å². The van der Waals surface area contributed by atoms with Gasteiger partial charge in [0.25, 0.3) is 11.6 Å². The highest BCUT2D eigenvalue weighted by molar-refractivity contribution is 6.13. The maximum atomic E-state index is 13.0. The number of nitrogens with one attached hydrogen (secondary N) is 1. The molecule has 0 unspecified atom stereocenters. The minimum absolute atomic E-state index is 0.239. The molecule has 0 atom stereocenters. The predicted molar refractivity (Wildman–Crippen MR) is 98.0 cm³/mol. The summed E-state index contributed by atoms with van der Waals surface area (Å²) < 4.78 is 10.7. The molecule has 0 radical (unpaired) electrons. The van der Waals surface area contributed by atoms with Gasteiger partial charge in [0, 0.05) is 5.69 Å². The lowest BCUT2D eigenvalue weighted by atomic mass is 10.1. The highest BCUT2D eigenvalue weighted by Gasteiger charge is 2.20. The molecule has 0 aliphatic heterocycles. The Morgan fingerprint density at radius 3 is 2.81 bits per heavy atom. The molecule has 0 fully saturated rings. The van der Waals surface area contributed by atoms with E-state index < -0.39 is 0 Å². The normalized spacial score (nSPS) is 11.0. The topological polar surface area (TPSA) is 81.2 Å². The number of nitrogens with zero attached hydrogens (tertiary/aromatic N) is 2. The van der Waals surface area contributed by atoms with Crippen molar-refractivity contribution in [2.75, 3.05) is 5.32 Å². The molecule has 1 amide bonds. The summed E-state index contributed by atoms with van der Waals surface area (Å²) in [6.45, 7) is 3.84. The summed E-state index contributed by atoms with van der Waals surface area (Å²) in [6.07, 6.45) is 2.39. The van der Waals surface area contributed by atoms with Crippen molar-refractivity contribution in [1.82, 2.24) is 10.1 Å². The molecule has 6 nitrogen and oxygen atoms in total. The van der Waals surface area contributed by atoms with Crippen molar-refractivity contribution in [1.29, 1.82) is 0 Å². The van der Waals surface area contributed by atoms with Crippen LogP contribution in [0.4, 0.5) is 5.69 Å². The molecule has 0 aliphatic rings. The van der Waals surface area contributed by atoms with Gasteiger partial charge in [-0.25, -0.2) is 4.98 Å². The summed E-state index contributed by atoms with van der Waals surface area (Å²) in [5, 5.41) is 7.55. The first-order valence-electron chi connectivity index (χ1n) is 8.37. The highest BCUT2D eigenvalue weighted by atomic mass is 16.5. The second-order valence-corrected chi connectivity index (χ2v) is 5.95. The summed E-state index contributed by atoms with van der Waals surface area (Å²) >= 11 is 0. The van der Waals surface area contributed by atoms with Gasteiger partial charge >= 0.3 is 0 Å². The van der Waals surface area contributed by atoms with Crippen LogP contribution >= 0.6 is 0 Å². The van der Waals surface area contributed by atoms with Gasteiger partial charge in [0.05, 0.1) is 22.9 Å². The zero-order valence-electron chi connectivity index (χ0n) is 14.4. The zero-order valence-corrected chi connectivity index (χ0v) is 14.4. The number of pyridine rings is 1. The van der Waals surface area contributed by atoms with Crippen LogP contribution in [0.2, 0.25) is 0 Å². The van der Waals surface area contributed by atoms with Crippen molar-refractivity contribution < 1.29 is 13.7 Å². The Morgan fingerprint density at radius 2 is 2.04 bits per heavy atom. The minimum atomic E-state index is -0.239. The van der Waals surface area contributed by atoms with Gasteiger partial charge in [-0.1, -0.05) is 30.3 Å². The van der Waals surface area contributed by atoms with Gasteiger partial charge in [0.2, 0.25) is 0 Å². The molecule has 4 aromatic rings. The van der Waals surface area contributed by atoms with E-state index in [1.54, 1.807) is 31.4 Å². The van der Waals surface area contributed by atoms with E-state index in [1.807, 2.05) is 24.3 Å². The summed E-state index contributed by atoms with van der Waals surface area (Å²) in [7, 11) is 0. The van der Waals surface area contributed by atoms with E-state index in [0.29, 0.717) is 33.8 Å². The van der Waals surface area contributed by atoms with Gasteiger partial charge < -0.3 is 14.3 Å². The lowest BCUT2D eigenvalue weighted by molar-refractivity contribution is 0.102. The molecule has 4 rings (SSSR count). The monoisotopic (exact) mass is 347 g/mol. The van der Waals surface area contributed by atoms with Crippen molar-refractivity contribution in [3.8, 4) is 11.5 Å². The Kier molecular flexibility index (Phi) is 4.01. The van der Waals surface area contributed by atoms with Crippen LogP contribution in [0.15, 0.2) is 57.7 Å². The molecule has 3 aromatic heterocycles. The van der Waals surface area contributed by atoms with E-state index in [4.69, 9.17) is 8.94 Å². The van der Waals surface area contributed by atoms with Gasteiger partial charge in [0.15, 0.2) is 5.76 Å². The number of fused-ring (bicyclic) bond motifs is 1. The fraction of sp³-hybridized carbons (Fsp3) is 0.150. The number of para-hydroxylation sites is 1. The average Bonchev–Trinajstić information content (AvgIpc) is 3.32. The molecule has 0 spiro atoms. The second kappa shape index (κ2) is 6.48. The standard InChI is InChI=1S/C20H17N3O3/c1-3-13-7-4-5-8-15(13)21-19(24)14-11-16(17-9-6-10-25-17)22-20-18(14)12(2)23-26-20/h4-11H,3H2,1-2H3,(H,21,24). The van der Waals surface area contributed by atoms with Crippen LogP contribution in [-0.4, -0.2) is 16.0 Å². The first-order valence-corrected chi connectivity index (χ1v) is 8.37. The third kappa shape index (κ3) is 2.75. The quantitative estimate of drug-likeness (QED) is 0.583. The van der Waals surface area contributed by atoms with Crippen LogP contribution in [0.25, 0.3) is 22.6 Å². The summed E-state index contributed by atoms with van der Waals surface area (Å²) in [4.78, 5) is 17.4. The third-order valence-electron chi connectivity index (χ3n) is 4.28. The lowest BCUT2D eigenvalue weighted by Crippen LogP contribution is -2.14. The lowest BCUT2D eigenvalue weighted by Gasteiger charge is -2.10. The smallest absolute Gasteiger partial charge is 0.259 e. The number of amides is 1. The van der Waals surface area contributed by atoms with E-state index in [9.17, 15) is 4.79 Å². The first kappa shape index (κ1) is 16.1. The third-order valence-corrected chi connectivity index (χ3v) is 4.28. The SMILES string of the molecule is CCc1ccccc1NC(=O)c1cc(-c2ccco2)nc2onc(C)c12. The van der Waals surface area contributed by atoms with Gasteiger partial charge in [-0.2, -0.15) is 0 Å². The van der Waals surface area contributed by atoms with Crippen molar-refractivity contribution in [3.63, 3.8) is 0 Å². The number of aryl methyl sites for hydroxylation is 2. The van der Waals surface area contributed by atoms with E-state index in [2.05, 4.69) is 22.4 Å². The largest absolute Gasteiger partial charge is 0.463 e. The average molecular weight is 347 g/mol. The van der Waals surface area contributed by atoms with E-state index >= 15 is 0 Å². The van der Waals surface area contributed by atoms with Crippen molar-refractivity contribution in [3.05, 3.63) is 65.5 Å². The number of furan rings is 1. The fourth-order valence-corrected chi connectivity index (χ4v) is 2.96. The summed E-state index contributed by atoms with van der Waals surface area (Å²) in [5.74, 6) is 0.321. The van der Waals surface area contributed by atoms with Crippen molar-refractivity contribution >= 4 is 22.7 Å². The molecular formula is C20H17N3O3. The van der Waals surface area contributed by atoms with Crippen molar-refractivity contribution in [2.45, 2.75) is 20.3 Å². The molecular weight excluding hydrogens is 330 g/mol. The predicted octanol–water partition coefficient (Wildman–Crippen LogP) is 4.61. The molecule has 3 heterocycles. The molecule has 0 saturated heterocycles. The number of anilines is 1. The number of benzene rings is 1. The fourth-order valence-electron chi connectivity index (χ4n) is 2.96. The Bertz CT molecular complexity index is 1080. The van der Waals surface area contributed by atoms with Gasteiger partial charge in [0.1, 0.15) is 5.69 Å². The number of carbonyl (C=O) groups is 1. The van der Waals surface area contributed by atoms with E-state index in [1.165, 1.54) is 0 Å². The highest BCUT2D eigenvalue weighted by Crippen LogP contribution is 2.28. The number of aromatic nitrogens is 2.